The highest BCUT2D eigenvalue weighted by Gasteiger charge is 2.44. The number of phenolic OH excluding ortho intramolecular Hbond substituents is 3. The molecule has 1 aliphatic heterocycles. The van der Waals surface area contributed by atoms with Crippen molar-refractivity contribution in [3.05, 3.63) is 47.5 Å². The van der Waals surface area contributed by atoms with Gasteiger partial charge in [0, 0.05) is 17.7 Å². The van der Waals surface area contributed by atoms with E-state index in [0.717, 1.165) is 0 Å². The molecule has 0 amide bonds. The Hall–Kier alpha value is -2.82. The Bertz CT molecular complexity index is 880. The maximum atomic E-state index is 10.1. The minimum Gasteiger partial charge on any atom is -0.508 e. The Morgan fingerprint density at radius 1 is 0.862 bits per heavy atom. The fourth-order valence-electron chi connectivity index (χ4n) is 2.93. The van der Waals surface area contributed by atoms with Crippen LogP contribution in [0, 0.1) is 0 Å². The number of phenols is 3. The zero-order valence-electron chi connectivity index (χ0n) is 15.2. The van der Waals surface area contributed by atoms with Gasteiger partial charge in [-0.15, -0.1) is 0 Å². The fraction of sp³-hybridized carbons (Fsp3) is 0.300. The lowest BCUT2D eigenvalue weighted by Crippen LogP contribution is -2.60. The molecule has 2 aromatic rings. The molecule has 0 aromatic heterocycles. The third-order valence-electron chi connectivity index (χ3n) is 4.48. The molecular weight excluding hydrogens is 384 g/mol. The van der Waals surface area contributed by atoms with Crippen molar-refractivity contribution in [2.24, 2.45) is 0 Å². The van der Waals surface area contributed by atoms with Crippen LogP contribution in [-0.4, -0.2) is 73.1 Å². The van der Waals surface area contributed by atoms with Crippen LogP contribution in [0.1, 0.15) is 11.1 Å². The van der Waals surface area contributed by atoms with E-state index in [1.54, 1.807) is 12.2 Å². The normalized spacial score (nSPS) is 27.2. The first-order valence-corrected chi connectivity index (χ1v) is 8.80. The summed E-state index contributed by atoms with van der Waals surface area (Å²) in [5.74, 6) is -0.253. The summed E-state index contributed by atoms with van der Waals surface area (Å²) in [4.78, 5) is 0. The zero-order chi connectivity index (χ0) is 21.1. The van der Waals surface area contributed by atoms with Gasteiger partial charge < -0.3 is 45.2 Å². The topological polar surface area (TPSA) is 160 Å². The molecule has 7 N–H and O–H groups in total. The lowest BCUT2D eigenvalue weighted by molar-refractivity contribution is -0.277. The maximum absolute atomic E-state index is 10.1. The molecule has 1 aliphatic rings. The number of aliphatic hydroxyl groups excluding tert-OH is 4. The number of aliphatic hydroxyl groups is 4. The van der Waals surface area contributed by atoms with Crippen LogP contribution in [0.3, 0.4) is 0 Å². The summed E-state index contributed by atoms with van der Waals surface area (Å²) in [6.45, 7) is -0.588. The third-order valence-corrected chi connectivity index (χ3v) is 4.48. The Morgan fingerprint density at radius 2 is 1.62 bits per heavy atom. The van der Waals surface area contributed by atoms with E-state index in [0.29, 0.717) is 11.1 Å². The van der Waals surface area contributed by atoms with Crippen molar-refractivity contribution >= 4 is 12.2 Å². The summed E-state index contributed by atoms with van der Waals surface area (Å²) in [5.41, 5.74) is 0.916. The van der Waals surface area contributed by atoms with Crippen molar-refractivity contribution in [3.63, 3.8) is 0 Å². The number of hydrogen-bond donors (Lipinski definition) is 7. The largest absolute Gasteiger partial charge is 0.508 e. The molecule has 0 radical (unpaired) electrons. The van der Waals surface area contributed by atoms with Crippen LogP contribution in [-0.2, 0) is 4.74 Å². The number of benzene rings is 2. The van der Waals surface area contributed by atoms with Gasteiger partial charge in [0.2, 0.25) is 6.29 Å². The summed E-state index contributed by atoms with van der Waals surface area (Å²) in [5, 5.41) is 68.0. The van der Waals surface area contributed by atoms with E-state index in [2.05, 4.69) is 0 Å². The number of hydrogen-bond acceptors (Lipinski definition) is 9. The van der Waals surface area contributed by atoms with Gasteiger partial charge in [0.25, 0.3) is 0 Å². The van der Waals surface area contributed by atoms with E-state index in [1.165, 1.54) is 36.4 Å². The van der Waals surface area contributed by atoms with Gasteiger partial charge in [0.05, 0.1) is 6.61 Å². The van der Waals surface area contributed by atoms with Gasteiger partial charge in [-0.25, -0.2) is 0 Å². The lowest BCUT2D eigenvalue weighted by Gasteiger charge is -2.39. The second-order valence-electron chi connectivity index (χ2n) is 6.65. The molecule has 5 atom stereocenters. The van der Waals surface area contributed by atoms with E-state index >= 15 is 0 Å². The summed E-state index contributed by atoms with van der Waals surface area (Å²) >= 11 is 0. The van der Waals surface area contributed by atoms with Gasteiger partial charge in [0.1, 0.15) is 47.4 Å². The van der Waals surface area contributed by atoms with E-state index in [9.17, 15) is 35.7 Å². The van der Waals surface area contributed by atoms with E-state index in [-0.39, 0.29) is 23.0 Å². The van der Waals surface area contributed by atoms with Gasteiger partial charge in [-0.2, -0.15) is 0 Å². The molecule has 2 aromatic carbocycles. The van der Waals surface area contributed by atoms with Crippen LogP contribution in [0.2, 0.25) is 0 Å². The molecule has 1 saturated heterocycles. The quantitative estimate of drug-likeness (QED) is 0.343. The predicted molar refractivity (Wildman–Crippen MR) is 101 cm³/mol. The van der Waals surface area contributed by atoms with Crippen molar-refractivity contribution in [1.82, 2.24) is 0 Å². The van der Waals surface area contributed by atoms with Crippen LogP contribution in [0.25, 0.3) is 12.2 Å². The Labute approximate surface area is 165 Å². The molecule has 3 rings (SSSR count). The first-order valence-electron chi connectivity index (χ1n) is 8.80. The van der Waals surface area contributed by atoms with Gasteiger partial charge in [-0.3, -0.25) is 0 Å². The number of aromatic hydroxyl groups is 3. The fourth-order valence-corrected chi connectivity index (χ4v) is 2.93. The minimum absolute atomic E-state index is 0.0766. The molecule has 156 valence electrons. The van der Waals surface area contributed by atoms with Crippen LogP contribution in [0.4, 0.5) is 0 Å². The highest BCUT2D eigenvalue weighted by Crippen LogP contribution is 2.29. The lowest BCUT2D eigenvalue weighted by atomic mass is 9.99. The van der Waals surface area contributed by atoms with Gasteiger partial charge in [-0.05, 0) is 29.8 Å². The van der Waals surface area contributed by atoms with E-state index in [1.807, 2.05) is 0 Å². The Morgan fingerprint density at radius 3 is 2.31 bits per heavy atom. The second-order valence-corrected chi connectivity index (χ2v) is 6.65. The van der Waals surface area contributed by atoms with Crippen molar-refractivity contribution in [3.8, 4) is 23.0 Å². The molecule has 0 aliphatic carbocycles. The molecule has 0 unspecified atom stereocenters. The molecule has 9 nitrogen and oxygen atoms in total. The molecule has 29 heavy (non-hydrogen) atoms. The van der Waals surface area contributed by atoms with Crippen molar-refractivity contribution < 1.29 is 45.2 Å². The molecular formula is C20H22O9. The van der Waals surface area contributed by atoms with Crippen LogP contribution >= 0.6 is 0 Å². The van der Waals surface area contributed by atoms with Gasteiger partial charge in [-0.1, -0.05) is 12.2 Å². The standard InChI is InChI=1S/C20H22O9/c21-9-16-17(25)18(26)19(27)20(29-16)28-14-6-10(5-13(23)7-14)1-2-11-3-4-12(22)8-15(11)24/h1-8,16-27H,9H2/b2-1+/t16-,17-,18+,19-,20-/m1/s1. The van der Waals surface area contributed by atoms with E-state index in [4.69, 9.17) is 9.47 Å². The van der Waals surface area contributed by atoms with Gasteiger partial charge in [0.15, 0.2) is 0 Å². The summed E-state index contributed by atoms with van der Waals surface area (Å²) in [6, 6.07) is 8.31. The molecule has 0 spiro atoms. The SMILES string of the molecule is OC[C@H]1O[C@@H](Oc2cc(O)cc(/C=C/c3ccc(O)cc3O)c2)[C@H](O)[C@@H](O)[C@@H]1O. The average molecular weight is 406 g/mol. The first-order chi connectivity index (χ1) is 13.8. The Balaban J connectivity index is 1.79. The maximum Gasteiger partial charge on any atom is 0.229 e. The highest BCUT2D eigenvalue weighted by atomic mass is 16.7. The van der Waals surface area contributed by atoms with E-state index < -0.39 is 37.3 Å². The molecule has 0 saturated carbocycles. The first kappa shape index (κ1) is 20.9. The van der Waals surface area contributed by atoms with Crippen LogP contribution < -0.4 is 4.74 Å². The summed E-state index contributed by atoms with van der Waals surface area (Å²) in [6.07, 6.45) is -4.04. The summed E-state index contributed by atoms with van der Waals surface area (Å²) in [7, 11) is 0. The van der Waals surface area contributed by atoms with Crippen molar-refractivity contribution in [1.29, 1.82) is 0 Å². The Kier molecular flexibility index (Phi) is 6.26. The molecule has 1 fully saturated rings. The molecule has 0 bridgehead atoms. The molecule has 1 heterocycles. The average Bonchev–Trinajstić information content (AvgIpc) is 2.67. The molecule has 9 heteroatoms. The third kappa shape index (κ3) is 4.78. The number of rotatable bonds is 5. The van der Waals surface area contributed by atoms with Crippen molar-refractivity contribution in [2.75, 3.05) is 6.61 Å². The highest BCUT2D eigenvalue weighted by molar-refractivity contribution is 5.73. The minimum atomic E-state index is -1.58. The van der Waals surface area contributed by atoms with Crippen LogP contribution in [0.15, 0.2) is 36.4 Å². The summed E-state index contributed by atoms with van der Waals surface area (Å²) < 4.78 is 10.8. The smallest absolute Gasteiger partial charge is 0.229 e. The van der Waals surface area contributed by atoms with Gasteiger partial charge >= 0.3 is 0 Å². The van der Waals surface area contributed by atoms with Crippen LogP contribution in [0.5, 0.6) is 23.0 Å². The monoisotopic (exact) mass is 406 g/mol. The van der Waals surface area contributed by atoms with Crippen molar-refractivity contribution in [2.45, 2.75) is 30.7 Å². The second kappa shape index (κ2) is 8.68. The predicted octanol–water partition coefficient (Wildman–Crippen LogP) is 0.152. The number of ether oxygens (including phenoxy) is 2. The zero-order valence-corrected chi connectivity index (χ0v) is 15.2.